The fourth-order valence-electron chi connectivity index (χ4n) is 2.89. The third kappa shape index (κ3) is 4.25. The Kier molecular flexibility index (Phi) is 5.06. The maximum Gasteiger partial charge on any atom is 0.293 e. The number of nitrogens with one attached hydrogen (secondary N) is 2. The van der Waals surface area contributed by atoms with Crippen molar-refractivity contribution in [3.05, 3.63) is 70.9 Å². The summed E-state index contributed by atoms with van der Waals surface area (Å²) in [6.07, 6.45) is 1.48. The van der Waals surface area contributed by atoms with Gasteiger partial charge in [-0.15, -0.1) is 22.7 Å². The van der Waals surface area contributed by atoms with Gasteiger partial charge in [-0.3, -0.25) is 14.9 Å². The molecule has 0 aliphatic carbocycles. The first-order chi connectivity index (χ1) is 15.1. The van der Waals surface area contributed by atoms with Crippen molar-refractivity contribution >= 4 is 55.7 Å². The lowest BCUT2D eigenvalue weighted by Crippen LogP contribution is -2.15. The van der Waals surface area contributed by atoms with Crippen LogP contribution in [0.2, 0.25) is 0 Å². The van der Waals surface area contributed by atoms with Crippen LogP contribution in [0.1, 0.15) is 16.2 Å². The fourth-order valence-corrected chi connectivity index (χ4v) is 4.31. The average molecular weight is 451 g/mol. The van der Waals surface area contributed by atoms with Crippen molar-refractivity contribution in [3.8, 4) is 11.5 Å². The Labute approximate surface area is 183 Å². The predicted octanol–water partition coefficient (Wildman–Crippen LogP) is 5.04. The summed E-state index contributed by atoms with van der Waals surface area (Å²) in [7, 11) is 0. The number of rotatable bonds is 6. The van der Waals surface area contributed by atoms with E-state index in [1.165, 1.54) is 28.9 Å². The molecule has 0 bridgehead atoms. The largest absolute Gasteiger partial charge is 0.459 e. The van der Waals surface area contributed by atoms with Crippen molar-refractivity contribution in [2.45, 2.75) is 6.42 Å². The number of fused-ring (bicyclic) bond motifs is 1. The molecule has 10 heteroatoms. The van der Waals surface area contributed by atoms with E-state index < -0.39 is 5.91 Å². The summed E-state index contributed by atoms with van der Waals surface area (Å²) in [5, 5.41) is 10.8. The van der Waals surface area contributed by atoms with Crippen molar-refractivity contribution in [2.75, 3.05) is 10.6 Å². The number of para-hydroxylation sites is 1. The van der Waals surface area contributed by atoms with E-state index in [9.17, 15) is 9.59 Å². The van der Waals surface area contributed by atoms with Crippen LogP contribution in [0, 0.1) is 0 Å². The van der Waals surface area contributed by atoms with E-state index in [1.807, 2.05) is 35.7 Å². The molecule has 2 N–H and O–H groups in total. The number of aromatic nitrogens is 2. The summed E-state index contributed by atoms with van der Waals surface area (Å²) < 4.78 is 10.9. The number of anilines is 2. The second-order valence-electron chi connectivity index (χ2n) is 6.49. The standard InChI is InChI=1S/C21H14N4O4S2/c26-18(9-13-10-30-20(22-13)25-19(27)16-6-3-7-28-16)24-21-23-14(11-31-21)17-8-12-4-1-2-5-15(12)29-17/h1-8,10-11H,9H2,(H,22,25,27)(H,23,24,26). The van der Waals surface area contributed by atoms with Gasteiger partial charge in [0.15, 0.2) is 21.8 Å². The van der Waals surface area contributed by atoms with Crippen LogP contribution in [0.4, 0.5) is 10.3 Å². The Balaban J connectivity index is 1.20. The molecule has 0 spiro atoms. The van der Waals surface area contributed by atoms with Gasteiger partial charge in [0.25, 0.3) is 5.91 Å². The fraction of sp³-hybridized carbons (Fsp3) is 0.0476. The Hall–Kier alpha value is -3.76. The highest BCUT2D eigenvalue weighted by Gasteiger charge is 2.15. The molecule has 0 atom stereocenters. The molecule has 0 aliphatic heterocycles. The van der Waals surface area contributed by atoms with Crippen molar-refractivity contribution in [1.29, 1.82) is 0 Å². The van der Waals surface area contributed by atoms with Crippen molar-refractivity contribution in [3.63, 3.8) is 0 Å². The van der Waals surface area contributed by atoms with Crippen molar-refractivity contribution < 1.29 is 18.4 Å². The van der Waals surface area contributed by atoms with Gasteiger partial charge < -0.3 is 14.2 Å². The minimum absolute atomic E-state index is 0.0622. The molecule has 8 nitrogen and oxygen atoms in total. The number of thiazole rings is 2. The van der Waals surface area contributed by atoms with E-state index in [-0.39, 0.29) is 18.1 Å². The number of nitrogens with zero attached hydrogens (tertiary/aromatic N) is 2. The number of benzene rings is 1. The van der Waals surface area contributed by atoms with Gasteiger partial charge in [-0.2, -0.15) is 0 Å². The highest BCUT2D eigenvalue weighted by molar-refractivity contribution is 7.14. The number of furan rings is 2. The zero-order valence-corrected chi connectivity index (χ0v) is 17.5. The molecule has 5 aromatic rings. The molecule has 0 unspecified atom stereocenters. The number of carbonyl (C=O) groups is 2. The van der Waals surface area contributed by atoms with Gasteiger partial charge in [0.2, 0.25) is 5.91 Å². The topological polar surface area (TPSA) is 110 Å². The highest BCUT2D eigenvalue weighted by Crippen LogP contribution is 2.30. The summed E-state index contributed by atoms with van der Waals surface area (Å²) in [6, 6.07) is 12.8. The molecule has 1 aromatic carbocycles. The predicted molar refractivity (Wildman–Crippen MR) is 118 cm³/mol. The zero-order chi connectivity index (χ0) is 21.2. The summed E-state index contributed by atoms with van der Waals surface area (Å²) in [5.74, 6) is 0.198. The molecular weight excluding hydrogens is 436 g/mol. The van der Waals surface area contributed by atoms with Gasteiger partial charge in [0.1, 0.15) is 11.3 Å². The van der Waals surface area contributed by atoms with Crippen LogP contribution in [0.3, 0.4) is 0 Å². The van der Waals surface area contributed by atoms with Crippen molar-refractivity contribution in [1.82, 2.24) is 9.97 Å². The summed E-state index contributed by atoms with van der Waals surface area (Å²) >= 11 is 2.55. The molecule has 31 heavy (non-hydrogen) atoms. The molecule has 0 fully saturated rings. The van der Waals surface area contributed by atoms with E-state index in [0.29, 0.717) is 27.4 Å². The molecule has 0 saturated heterocycles. The summed E-state index contributed by atoms with van der Waals surface area (Å²) in [5.41, 5.74) is 1.99. The van der Waals surface area contributed by atoms with Crippen LogP contribution in [0.25, 0.3) is 22.4 Å². The zero-order valence-electron chi connectivity index (χ0n) is 15.8. The lowest BCUT2D eigenvalue weighted by atomic mass is 10.2. The Morgan fingerprint density at radius 2 is 1.81 bits per heavy atom. The number of hydrogen-bond acceptors (Lipinski definition) is 8. The van der Waals surface area contributed by atoms with Crippen LogP contribution >= 0.6 is 22.7 Å². The van der Waals surface area contributed by atoms with Crippen LogP contribution in [0.15, 0.2) is 68.3 Å². The maximum atomic E-state index is 12.4. The lowest BCUT2D eigenvalue weighted by Gasteiger charge is -1.99. The molecule has 0 aliphatic rings. The second kappa shape index (κ2) is 8.17. The van der Waals surface area contributed by atoms with Gasteiger partial charge >= 0.3 is 0 Å². The monoisotopic (exact) mass is 450 g/mol. The maximum absolute atomic E-state index is 12.4. The van der Waals surface area contributed by atoms with Gasteiger partial charge in [-0.05, 0) is 24.3 Å². The number of carbonyl (C=O) groups excluding carboxylic acids is 2. The third-order valence-corrected chi connectivity index (χ3v) is 5.85. The Bertz CT molecular complexity index is 1330. The van der Waals surface area contributed by atoms with E-state index in [2.05, 4.69) is 20.6 Å². The lowest BCUT2D eigenvalue weighted by molar-refractivity contribution is -0.115. The number of amides is 2. The van der Waals surface area contributed by atoms with Crippen LogP contribution in [-0.2, 0) is 11.2 Å². The van der Waals surface area contributed by atoms with E-state index in [1.54, 1.807) is 17.5 Å². The molecule has 4 heterocycles. The minimum Gasteiger partial charge on any atom is -0.459 e. The molecule has 2 amide bonds. The van der Waals surface area contributed by atoms with Crippen LogP contribution in [0.5, 0.6) is 0 Å². The number of hydrogen-bond donors (Lipinski definition) is 2. The molecular formula is C21H14N4O4S2. The van der Waals surface area contributed by atoms with E-state index in [0.717, 1.165) is 11.0 Å². The van der Waals surface area contributed by atoms with Crippen LogP contribution in [-0.4, -0.2) is 21.8 Å². The minimum atomic E-state index is -0.392. The first-order valence-electron chi connectivity index (χ1n) is 9.17. The average Bonchev–Trinajstić information content (AvgIpc) is 3.54. The Morgan fingerprint density at radius 1 is 0.968 bits per heavy atom. The highest BCUT2D eigenvalue weighted by atomic mass is 32.1. The molecule has 154 valence electrons. The Morgan fingerprint density at radius 3 is 2.65 bits per heavy atom. The molecule has 0 saturated carbocycles. The summed E-state index contributed by atoms with van der Waals surface area (Å²) in [4.78, 5) is 33.1. The molecule has 4 aromatic heterocycles. The van der Waals surface area contributed by atoms with Gasteiger partial charge in [-0.1, -0.05) is 18.2 Å². The molecule has 5 rings (SSSR count). The normalized spacial score (nSPS) is 11.0. The van der Waals surface area contributed by atoms with Crippen molar-refractivity contribution in [2.24, 2.45) is 0 Å². The second-order valence-corrected chi connectivity index (χ2v) is 8.20. The van der Waals surface area contributed by atoms with E-state index in [4.69, 9.17) is 8.83 Å². The first kappa shape index (κ1) is 19.2. The van der Waals surface area contributed by atoms with Gasteiger partial charge in [0, 0.05) is 16.1 Å². The smallest absolute Gasteiger partial charge is 0.293 e. The SMILES string of the molecule is O=C(Cc1csc(NC(=O)c2ccco2)n1)Nc1nc(-c2cc3ccccc3o2)cs1. The summed E-state index contributed by atoms with van der Waals surface area (Å²) in [6.45, 7) is 0. The first-order valence-corrected chi connectivity index (χ1v) is 10.9. The van der Waals surface area contributed by atoms with Gasteiger partial charge in [-0.25, -0.2) is 9.97 Å². The molecule has 0 radical (unpaired) electrons. The van der Waals surface area contributed by atoms with Gasteiger partial charge in [0.05, 0.1) is 18.4 Å². The third-order valence-electron chi connectivity index (χ3n) is 4.29. The van der Waals surface area contributed by atoms with Crippen LogP contribution < -0.4 is 10.6 Å². The van der Waals surface area contributed by atoms with E-state index >= 15 is 0 Å². The quantitative estimate of drug-likeness (QED) is 0.375.